The fraction of sp³-hybridized carbons (Fsp3) is 0.429. The number of benzene rings is 1. The van der Waals surface area contributed by atoms with Crippen LogP contribution >= 0.6 is 9.24 Å². The Labute approximate surface area is 116 Å². The summed E-state index contributed by atoms with van der Waals surface area (Å²) in [6, 6.07) is 6.33. The highest BCUT2D eigenvalue weighted by atomic mass is 31.0. The Balaban J connectivity index is 0.000000555. The van der Waals surface area contributed by atoms with Gasteiger partial charge in [-0.1, -0.05) is 31.9 Å². The van der Waals surface area contributed by atoms with E-state index in [-0.39, 0.29) is 11.1 Å². The fourth-order valence-electron chi connectivity index (χ4n) is 1.26. The first-order valence-corrected chi connectivity index (χ1v) is 6.89. The van der Waals surface area contributed by atoms with E-state index >= 15 is 0 Å². The summed E-state index contributed by atoms with van der Waals surface area (Å²) in [5.41, 5.74) is 0.420. The average Bonchev–Trinajstić information content (AvgIpc) is 2.47. The van der Waals surface area contributed by atoms with Gasteiger partial charge in [-0.2, -0.15) is 0 Å². The molecule has 0 bridgehead atoms. The molecule has 0 spiro atoms. The summed E-state index contributed by atoms with van der Waals surface area (Å²) in [4.78, 5) is 22.4. The minimum absolute atomic E-state index is 0.210. The molecular weight excluding hydrogens is 263 g/mol. The van der Waals surface area contributed by atoms with Gasteiger partial charge in [0.05, 0.1) is 25.3 Å². The maximum Gasteiger partial charge on any atom is 0.338 e. The maximum absolute atomic E-state index is 11.2. The van der Waals surface area contributed by atoms with Crippen LogP contribution in [0, 0.1) is 0 Å². The topological polar surface area (TPSA) is 52.6 Å². The van der Waals surface area contributed by atoms with Gasteiger partial charge in [0, 0.05) is 0 Å². The van der Waals surface area contributed by atoms with E-state index in [0.29, 0.717) is 0 Å². The number of hydrogen-bond donors (Lipinski definition) is 0. The zero-order chi connectivity index (χ0) is 14.7. The van der Waals surface area contributed by atoms with E-state index < -0.39 is 11.9 Å². The van der Waals surface area contributed by atoms with Crippen molar-refractivity contribution in [1.29, 1.82) is 0 Å². The summed E-state index contributed by atoms with van der Waals surface area (Å²) in [6.45, 7) is 2.20. The van der Waals surface area contributed by atoms with Crippen molar-refractivity contribution in [3.8, 4) is 0 Å². The molecule has 106 valence electrons. The highest BCUT2D eigenvalue weighted by Gasteiger charge is 2.16. The lowest BCUT2D eigenvalue weighted by molar-refractivity contribution is 0.0555. The molecule has 4 nitrogen and oxygen atoms in total. The van der Waals surface area contributed by atoms with E-state index in [4.69, 9.17) is 0 Å². The third kappa shape index (κ3) is 6.35. The van der Waals surface area contributed by atoms with Crippen LogP contribution in [0.3, 0.4) is 0 Å². The van der Waals surface area contributed by atoms with Crippen molar-refractivity contribution in [2.24, 2.45) is 0 Å². The molecular formula is C14H21O4P. The van der Waals surface area contributed by atoms with Gasteiger partial charge in [0.1, 0.15) is 0 Å². The molecule has 0 aliphatic heterocycles. The smallest absolute Gasteiger partial charge is 0.338 e. The van der Waals surface area contributed by atoms with Crippen molar-refractivity contribution in [2.45, 2.75) is 19.8 Å². The molecule has 1 atom stereocenters. The summed E-state index contributed by atoms with van der Waals surface area (Å²) in [5.74, 6) is -1.10. The van der Waals surface area contributed by atoms with Crippen molar-refractivity contribution in [2.75, 3.05) is 20.4 Å². The van der Waals surface area contributed by atoms with Crippen LogP contribution in [0.5, 0.6) is 0 Å². The fourth-order valence-corrected chi connectivity index (χ4v) is 1.67. The third-order valence-corrected chi connectivity index (χ3v) is 2.70. The summed E-state index contributed by atoms with van der Waals surface area (Å²) in [5, 5.41) is 0. The van der Waals surface area contributed by atoms with Gasteiger partial charge in [-0.15, -0.1) is 9.24 Å². The molecule has 0 N–H and O–H groups in total. The van der Waals surface area contributed by atoms with E-state index in [1.54, 1.807) is 12.1 Å². The van der Waals surface area contributed by atoms with Crippen molar-refractivity contribution in [1.82, 2.24) is 0 Å². The summed E-state index contributed by atoms with van der Waals surface area (Å²) in [7, 11) is 5.22. The molecule has 0 aromatic heterocycles. The summed E-state index contributed by atoms with van der Waals surface area (Å²) >= 11 is 0. The molecule has 0 radical (unpaired) electrons. The van der Waals surface area contributed by atoms with Crippen molar-refractivity contribution < 1.29 is 19.1 Å². The molecule has 0 amide bonds. The monoisotopic (exact) mass is 284 g/mol. The lowest BCUT2D eigenvalue weighted by Crippen LogP contribution is -2.11. The minimum Gasteiger partial charge on any atom is -0.465 e. The van der Waals surface area contributed by atoms with Gasteiger partial charge >= 0.3 is 11.9 Å². The second-order valence-corrected chi connectivity index (χ2v) is 4.25. The number of esters is 2. The molecule has 19 heavy (non-hydrogen) atoms. The van der Waals surface area contributed by atoms with Gasteiger partial charge in [-0.3, -0.25) is 0 Å². The van der Waals surface area contributed by atoms with E-state index in [1.165, 1.54) is 45.4 Å². The number of carbonyl (C=O) groups is 2. The number of carbonyl (C=O) groups excluding carboxylic acids is 2. The molecule has 5 heteroatoms. The second-order valence-electron chi connectivity index (χ2n) is 3.67. The Morgan fingerprint density at radius 3 is 1.68 bits per heavy atom. The van der Waals surface area contributed by atoms with Crippen molar-refractivity contribution in [3.05, 3.63) is 35.4 Å². The Kier molecular flexibility index (Phi) is 9.73. The van der Waals surface area contributed by atoms with Gasteiger partial charge < -0.3 is 9.47 Å². The normalized spacial score (nSPS) is 9.05. The van der Waals surface area contributed by atoms with Gasteiger partial charge in [-0.25, -0.2) is 9.59 Å². The van der Waals surface area contributed by atoms with E-state index in [9.17, 15) is 9.59 Å². The van der Waals surface area contributed by atoms with E-state index in [0.717, 1.165) is 0 Å². The van der Waals surface area contributed by atoms with Crippen LogP contribution in [0.15, 0.2) is 24.3 Å². The number of rotatable bonds is 4. The average molecular weight is 284 g/mol. The van der Waals surface area contributed by atoms with E-state index in [1.807, 2.05) is 0 Å². The van der Waals surface area contributed by atoms with Crippen molar-refractivity contribution in [3.63, 3.8) is 0 Å². The molecule has 0 aliphatic carbocycles. The Hall–Kier alpha value is -1.41. The Morgan fingerprint density at radius 1 is 1.05 bits per heavy atom. The molecule has 1 aromatic carbocycles. The lowest BCUT2D eigenvalue weighted by atomic mass is 10.1. The largest absolute Gasteiger partial charge is 0.465 e. The molecule has 0 fully saturated rings. The van der Waals surface area contributed by atoms with Crippen LogP contribution in [0.4, 0.5) is 0 Å². The quantitative estimate of drug-likeness (QED) is 0.630. The SMILES string of the molecule is CCCCP.COC(=O)c1ccccc1C(=O)OC. The van der Waals surface area contributed by atoms with Crippen LogP contribution < -0.4 is 0 Å². The number of unbranched alkanes of at least 4 members (excludes halogenated alkanes) is 1. The molecule has 0 aliphatic rings. The molecule has 0 saturated heterocycles. The number of hydrogen-bond acceptors (Lipinski definition) is 4. The number of ether oxygens (including phenoxy) is 2. The first kappa shape index (κ1) is 17.6. The van der Waals surface area contributed by atoms with Crippen LogP contribution in [0.2, 0.25) is 0 Å². The first-order chi connectivity index (χ1) is 9.12. The standard InChI is InChI=1S/C10H10O4.C4H11P/c1-13-9(11)7-5-3-4-6-8(7)10(12)14-2;1-2-3-4-5/h3-6H,1-2H3;2-5H2,1H3. The minimum atomic E-state index is -0.550. The van der Waals surface area contributed by atoms with Crippen molar-refractivity contribution >= 4 is 21.2 Å². The molecule has 0 heterocycles. The van der Waals surface area contributed by atoms with Gasteiger partial charge in [0.15, 0.2) is 0 Å². The Morgan fingerprint density at radius 2 is 1.47 bits per heavy atom. The molecule has 0 saturated carbocycles. The predicted octanol–water partition coefficient (Wildman–Crippen LogP) is 2.92. The first-order valence-electron chi connectivity index (χ1n) is 6.08. The maximum atomic E-state index is 11.2. The Bertz CT molecular complexity index is 367. The van der Waals surface area contributed by atoms with Crippen LogP contribution in [0.25, 0.3) is 0 Å². The summed E-state index contributed by atoms with van der Waals surface area (Å²) in [6.07, 6.45) is 3.94. The van der Waals surface area contributed by atoms with Gasteiger partial charge in [0.25, 0.3) is 0 Å². The third-order valence-electron chi connectivity index (χ3n) is 2.30. The molecule has 1 unspecified atom stereocenters. The second kappa shape index (κ2) is 10.5. The lowest BCUT2D eigenvalue weighted by Gasteiger charge is -2.04. The van der Waals surface area contributed by atoms with Gasteiger partial charge in [0.2, 0.25) is 0 Å². The van der Waals surface area contributed by atoms with Gasteiger partial charge in [-0.05, 0) is 18.3 Å². The molecule has 1 rings (SSSR count). The van der Waals surface area contributed by atoms with Crippen LogP contribution in [-0.4, -0.2) is 32.3 Å². The molecule has 1 aromatic rings. The summed E-state index contributed by atoms with van der Waals surface area (Å²) < 4.78 is 9.05. The zero-order valence-electron chi connectivity index (χ0n) is 11.6. The van der Waals surface area contributed by atoms with Crippen LogP contribution in [0.1, 0.15) is 40.5 Å². The van der Waals surface area contributed by atoms with Crippen LogP contribution in [-0.2, 0) is 9.47 Å². The highest BCUT2D eigenvalue weighted by Crippen LogP contribution is 2.10. The zero-order valence-corrected chi connectivity index (χ0v) is 12.8. The van der Waals surface area contributed by atoms with E-state index in [2.05, 4.69) is 25.6 Å². The highest BCUT2D eigenvalue weighted by molar-refractivity contribution is 7.16. The predicted molar refractivity (Wildman–Crippen MR) is 78.6 cm³/mol. The number of methoxy groups -OCH3 is 2.